The maximum Gasteiger partial charge on any atom is 0.251 e. The van der Waals surface area contributed by atoms with Gasteiger partial charge < -0.3 is 15.8 Å². The normalized spacial score (nSPS) is 11.3. The SMILES string of the molecule is COCC(C)CNC(=O)c1ccc(C#CCN)cc1. The largest absolute Gasteiger partial charge is 0.384 e. The zero-order valence-electron chi connectivity index (χ0n) is 11.4. The molecule has 0 bridgehead atoms. The number of benzene rings is 1. The van der Waals surface area contributed by atoms with E-state index in [-0.39, 0.29) is 5.91 Å². The van der Waals surface area contributed by atoms with E-state index < -0.39 is 0 Å². The molecule has 4 heteroatoms. The first-order chi connectivity index (χ1) is 9.17. The van der Waals surface area contributed by atoms with Crippen LogP contribution in [-0.2, 0) is 4.74 Å². The fraction of sp³-hybridized carbons (Fsp3) is 0.400. The summed E-state index contributed by atoms with van der Waals surface area (Å²) in [6.07, 6.45) is 0. The van der Waals surface area contributed by atoms with Gasteiger partial charge in [0.15, 0.2) is 0 Å². The van der Waals surface area contributed by atoms with Crippen LogP contribution >= 0.6 is 0 Å². The highest BCUT2D eigenvalue weighted by atomic mass is 16.5. The number of carbonyl (C=O) groups excluding carboxylic acids is 1. The molecule has 4 nitrogen and oxygen atoms in total. The Morgan fingerprint density at radius 2 is 2.11 bits per heavy atom. The summed E-state index contributed by atoms with van der Waals surface area (Å²) >= 11 is 0. The molecule has 0 aliphatic carbocycles. The number of rotatable bonds is 5. The van der Waals surface area contributed by atoms with Gasteiger partial charge in [0.1, 0.15) is 0 Å². The van der Waals surface area contributed by atoms with Crippen molar-refractivity contribution in [1.82, 2.24) is 5.32 Å². The minimum Gasteiger partial charge on any atom is -0.384 e. The molecule has 0 aliphatic heterocycles. The lowest BCUT2D eigenvalue weighted by Gasteiger charge is -2.11. The zero-order chi connectivity index (χ0) is 14.1. The standard InChI is InChI=1S/C15H20N2O2/c1-12(11-19-2)10-17-15(18)14-7-5-13(6-8-14)4-3-9-16/h5-8,12H,9-11,16H2,1-2H3,(H,17,18). The van der Waals surface area contributed by atoms with E-state index in [0.29, 0.717) is 31.2 Å². The molecular formula is C15H20N2O2. The van der Waals surface area contributed by atoms with Crippen molar-refractivity contribution in [2.75, 3.05) is 26.8 Å². The van der Waals surface area contributed by atoms with E-state index in [9.17, 15) is 4.79 Å². The van der Waals surface area contributed by atoms with Crippen LogP contribution in [0.25, 0.3) is 0 Å². The van der Waals surface area contributed by atoms with Crippen molar-refractivity contribution in [3.05, 3.63) is 35.4 Å². The van der Waals surface area contributed by atoms with E-state index >= 15 is 0 Å². The third-order valence-corrected chi connectivity index (χ3v) is 2.54. The van der Waals surface area contributed by atoms with Gasteiger partial charge in [-0.05, 0) is 30.2 Å². The molecule has 0 radical (unpaired) electrons. The predicted molar refractivity (Wildman–Crippen MR) is 75.7 cm³/mol. The third kappa shape index (κ3) is 5.56. The van der Waals surface area contributed by atoms with Gasteiger partial charge in [-0.15, -0.1) is 0 Å². The van der Waals surface area contributed by atoms with Crippen molar-refractivity contribution in [1.29, 1.82) is 0 Å². The lowest BCUT2D eigenvalue weighted by Crippen LogP contribution is -2.29. The molecule has 19 heavy (non-hydrogen) atoms. The molecule has 1 unspecified atom stereocenters. The third-order valence-electron chi connectivity index (χ3n) is 2.54. The molecule has 0 fully saturated rings. The predicted octanol–water partition coefficient (Wildman–Crippen LogP) is 1.01. The summed E-state index contributed by atoms with van der Waals surface area (Å²) in [5.74, 6) is 5.90. The van der Waals surface area contributed by atoms with Gasteiger partial charge in [0, 0.05) is 24.8 Å². The van der Waals surface area contributed by atoms with E-state index in [1.807, 2.05) is 19.1 Å². The van der Waals surface area contributed by atoms with Gasteiger partial charge in [-0.3, -0.25) is 4.79 Å². The Hall–Kier alpha value is -1.83. The van der Waals surface area contributed by atoms with Crippen molar-refractivity contribution in [2.45, 2.75) is 6.92 Å². The average Bonchev–Trinajstić information content (AvgIpc) is 2.43. The van der Waals surface area contributed by atoms with Crippen LogP contribution < -0.4 is 11.1 Å². The van der Waals surface area contributed by atoms with Crippen LogP contribution in [0, 0.1) is 17.8 Å². The highest BCUT2D eigenvalue weighted by molar-refractivity contribution is 5.94. The summed E-state index contributed by atoms with van der Waals surface area (Å²) in [6.45, 7) is 3.59. The molecule has 0 aromatic heterocycles. The topological polar surface area (TPSA) is 64.3 Å². The molecule has 1 amide bonds. The fourth-order valence-corrected chi connectivity index (χ4v) is 1.57. The first-order valence-electron chi connectivity index (χ1n) is 6.23. The summed E-state index contributed by atoms with van der Waals surface area (Å²) in [7, 11) is 1.65. The molecule has 0 heterocycles. The molecule has 102 valence electrons. The smallest absolute Gasteiger partial charge is 0.251 e. The van der Waals surface area contributed by atoms with Crippen LogP contribution in [-0.4, -0.2) is 32.7 Å². The highest BCUT2D eigenvalue weighted by Crippen LogP contribution is 2.03. The quantitative estimate of drug-likeness (QED) is 0.777. The molecule has 1 atom stereocenters. The number of ether oxygens (including phenoxy) is 1. The van der Waals surface area contributed by atoms with Gasteiger partial charge >= 0.3 is 0 Å². The molecule has 1 aromatic carbocycles. The summed E-state index contributed by atoms with van der Waals surface area (Å²) in [4.78, 5) is 11.9. The Labute approximate surface area is 114 Å². The number of nitrogens with two attached hydrogens (primary N) is 1. The van der Waals surface area contributed by atoms with Crippen molar-refractivity contribution >= 4 is 5.91 Å². The van der Waals surface area contributed by atoms with Crippen molar-refractivity contribution in [3.63, 3.8) is 0 Å². The van der Waals surface area contributed by atoms with Crippen LogP contribution in [0.4, 0.5) is 0 Å². The molecule has 0 saturated heterocycles. The van der Waals surface area contributed by atoms with Crippen LogP contribution in [0.3, 0.4) is 0 Å². The van der Waals surface area contributed by atoms with E-state index in [0.717, 1.165) is 5.56 Å². The summed E-state index contributed by atoms with van der Waals surface area (Å²) in [5, 5.41) is 2.87. The minimum absolute atomic E-state index is 0.0821. The number of carbonyl (C=O) groups is 1. The number of hydrogen-bond donors (Lipinski definition) is 2. The van der Waals surface area contributed by atoms with Gasteiger partial charge in [-0.25, -0.2) is 0 Å². The number of amides is 1. The van der Waals surface area contributed by atoms with Gasteiger partial charge in [-0.1, -0.05) is 18.8 Å². The second-order valence-corrected chi connectivity index (χ2v) is 4.35. The Morgan fingerprint density at radius 1 is 1.42 bits per heavy atom. The monoisotopic (exact) mass is 260 g/mol. The number of hydrogen-bond acceptors (Lipinski definition) is 3. The van der Waals surface area contributed by atoms with Crippen LogP contribution in [0.2, 0.25) is 0 Å². The Morgan fingerprint density at radius 3 is 2.68 bits per heavy atom. The van der Waals surface area contributed by atoms with Crippen LogP contribution in [0.5, 0.6) is 0 Å². The average molecular weight is 260 g/mol. The molecule has 0 aliphatic rings. The van der Waals surface area contributed by atoms with E-state index in [4.69, 9.17) is 10.5 Å². The zero-order valence-corrected chi connectivity index (χ0v) is 11.4. The van der Waals surface area contributed by atoms with E-state index in [1.54, 1.807) is 19.2 Å². The molecule has 0 spiro atoms. The van der Waals surface area contributed by atoms with E-state index in [1.165, 1.54) is 0 Å². The number of methoxy groups -OCH3 is 1. The summed E-state index contributed by atoms with van der Waals surface area (Å²) < 4.78 is 5.02. The maximum absolute atomic E-state index is 11.9. The first-order valence-corrected chi connectivity index (χ1v) is 6.23. The fourth-order valence-electron chi connectivity index (χ4n) is 1.57. The van der Waals surface area contributed by atoms with Crippen molar-refractivity contribution < 1.29 is 9.53 Å². The van der Waals surface area contributed by atoms with Crippen LogP contribution in [0.15, 0.2) is 24.3 Å². The Kier molecular flexibility index (Phi) is 6.65. The van der Waals surface area contributed by atoms with E-state index in [2.05, 4.69) is 17.2 Å². The lowest BCUT2D eigenvalue weighted by molar-refractivity contribution is 0.0934. The highest BCUT2D eigenvalue weighted by Gasteiger charge is 2.07. The molecule has 0 saturated carbocycles. The summed E-state index contributed by atoms with van der Waals surface area (Å²) in [6, 6.07) is 7.15. The molecule has 1 aromatic rings. The Bertz CT molecular complexity index is 457. The van der Waals surface area contributed by atoms with Crippen molar-refractivity contribution in [3.8, 4) is 11.8 Å². The summed E-state index contributed by atoms with van der Waals surface area (Å²) in [5.41, 5.74) is 6.78. The molecule has 1 rings (SSSR count). The number of nitrogens with one attached hydrogen (secondary N) is 1. The maximum atomic E-state index is 11.9. The van der Waals surface area contributed by atoms with Gasteiger partial charge in [0.2, 0.25) is 0 Å². The van der Waals surface area contributed by atoms with Crippen LogP contribution in [0.1, 0.15) is 22.8 Å². The van der Waals surface area contributed by atoms with Gasteiger partial charge in [0.05, 0.1) is 13.2 Å². The second-order valence-electron chi connectivity index (χ2n) is 4.35. The van der Waals surface area contributed by atoms with Crippen molar-refractivity contribution in [2.24, 2.45) is 11.7 Å². The molecular weight excluding hydrogens is 240 g/mol. The van der Waals surface area contributed by atoms with Gasteiger partial charge in [0.25, 0.3) is 5.91 Å². The second kappa shape index (κ2) is 8.30. The first kappa shape index (κ1) is 15.2. The molecule has 3 N–H and O–H groups in total. The Balaban J connectivity index is 2.53. The minimum atomic E-state index is -0.0821. The lowest BCUT2D eigenvalue weighted by atomic mass is 10.1. The van der Waals surface area contributed by atoms with Gasteiger partial charge in [-0.2, -0.15) is 0 Å².